The zero-order chi connectivity index (χ0) is 41.0. The summed E-state index contributed by atoms with van der Waals surface area (Å²) in [5, 5.41) is 23.7. The molecule has 0 aromatic rings. The van der Waals surface area contributed by atoms with Gasteiger partial charge in [-0.3, -0.25) is 9.59 Å². The molecule has 0 rings (SSSR count). The predicted molar refractivity (Wildman–Crippen MR) is 241 cm³/mol. The molecule has 6 nitrogen and oxygen atoms in total. The van der Waals surface area contributed by atoms with Gasteiger partial charge in [0, 0.05) is 6.42 Å². The average molecular weight is 794 g/mol. The average Bonchev–Trinajstić information content (AvgIpc) is 3.19. The van der Waals surface area contributed by atoms with Crippen molar-refractivity contribution in [3.8, 4) is 0 Å². The number of nitrogens with one attached hydrogen (secondary N) is 1. The maximum absolute atomic E-state index is 13.2. The summed E-state index contributed by atoms with van der Waals surface area (Å²) in [6.07, 6.45) is 47.3. The molecule has 0 saturated carbocycles. The summed E-state index contributed by atoms with van der Waals surface area (Å²) in [6.45, 7) is 6.50. The number of amides is 1. The molecule has 334 valence electrons. The van der Waals surface area contributed by atoms with Crippen molar-refractivity contribution in [3.05, 3.63) is 0 Å². The highest BCUT2D eigenvalue weighted by molar-refractivity contribution is 5.77. The third kappa shape index (κ3) is 39.7. The Morgan fingerprint density at radius 2 is 0.750 bits per heavy atom. The second-order valence-electron chi connectivity index (χ2n) is 17.6. The smallest absolute Gasteiger partial charge is 0.306 e. The molecule has 56 heavy (non-hydrogen) atoms. The Morgan fingerprint density at radius 1 is 0.446 bits per heavy atom. The summed E-state index contributed by atoms with van der Waals surface area (Å²) in [6, 6.07) is -0.691. The highest BCUT2D eigenvalue weighted by atomic mass is 16.5. The molecule has 1 amide bonds. The van der Waals surface area contributed by atoms with Crippen molar-refractivity contribution in [3.63, 3.8) is 0 Å². The van der Waals surface area contributed by atoms with Gasteiger partial charge in [0.1, 0.15) is 6.10 Å². The van der Waals surface area contributed by atoms with Gasteiger partial charge in [-0.05, 0) is 25.7 Å². The van der Waals surface area contributed by atoms with Crippen LogP contribution in [0.4, 0.5) is 0 Å². The summed E-state index contributed by atoms with van der Waals surface area (Å²) in [4.78, 5) is 26.0. The van der Waals surface area contributed by atoms with Crippen molar-refractivity contribution in [2.45, 2.75) is 302 Å². The molecular weight excluding hydrogens is 695 g/mol. The highest BCUT2D eigenvalue weighted by Crippen LogP contribution is 2.18. The number of ether oxygens (including phenoxy) is 1. The maximum atomic E-state index is 13.2. The summed E-state index contributed by atoms with van der Waals surface area (Å²) >= 11 is 0. The van der Waals surface area contributed by atoms with Gasteiger partial charge in [-0.2, -0.15) is 0 Å². The Kier molecular flexibility index (Phi) is 44.0. The van der Waals surface area contributed by atoms with Gasteiger partial charge in [-0.25, -0.2) is 0 Å². The lowest BCUT2D eigenvalue weighted by molar-refractivity contribution is -0.151. The van der Waals surface area contributed by atoms with Crippen molar-refractivity contribution < 1.29 is 24.5 Å². The molecule has 0 aromatic carbocycles. The number of rotatable bonds is 46. The molecule has 0 aromatic heterocycles. The largest absolute Gasteiger partial charge is 0.462 e. The monoisotopic (exact) mass is 794 g/mol. The molecule has 0 heterocycles. The van der Waals surface area contributed by atoms with Crippen molar-refractivity contribution >= 4 is 11.9 Å². The normalized spacial score (nSPS) is 13.2. The van der Waals surface area contributed by atoms with E-state index in [4.69, 9.17) is 4.74 Å². The lowest BCUT2D eigenvalue weighted by atomic mass is 10.0. The molecule has 0 fully saturated rings. The van der Waals surface area contributed by atoms with E-state index in [9.17, 15) is 19.8 Å². The Morgan fingerprint density at radius 3 is 1.09 bits per heavy atom. The first-order chi connectivity index (χ1) is 27.5. The molecule has 3 N–H and O–H groups in total. The number of unbranched alkanes of at least 4 members (excludes halogenated alkanes) is 34. The number of aliphatic hydroxyl groups is 2. The minimum atomic E-state index is -0.778. The second kappa shape index (κ2) is 45.0. The van der Waals surface area contributed by atoms with E-state index >= 15 is 0 Å². The van der Waals surface area contributed by atoms with Gasteiger partial charge in [-0.1, -0.05) is 245 Å². The summed E-state index contributed by atoms with van der Waals surface area (Å²) in [5.41, 5.74) is 0. The number of hydrogen-bond acceptors (Lipinski definition) is 5. The summed E-state index contributed by atoms with van der Waals surface area (Å²) in [5.74, 6) is -0.454. The third-order valence-corrected chi connectivity index (χ3v) is 11.9. The molecule has 0 aliphatic rings. The van der Waals surface area contributed by atoms with E-state index in [1.807, 2.05) is 0 Å². The Hall–Kier alpha value is -1.14. The highest BCUT2D eigenvalue weighted by Gasteiger charge is 2.24. The van der Waals surface area contributed by atoms with Gasteiger partial charge in [0.2, 0.25) is 5.91 Å². The minimum Gasteiger partial charge on any atom is -0.462 e. The lowest BCUT2D eigenvalue weighted by Gasteiger charge is -2.24. The topological polar surface area (TPSA) is 95.9 Å². The predicted octanol–water partition coefficient (Wildman–Crippen LogP) is 14.8. The van der Waals surface area contributed by atoms with Gasteiger partial charge in [0.15, 0.2) is 0 Å². The standard InChI is InChI=1S/C50H99NO5/c1-4-7-10-13-16-19-22-24-26-28-31-34-37-40-43-50(55)56-46(41-38-35-32-29-21-18-15-12-9-6-3)44-49(54)51-47(45-52)48(53)42-39-36-33-30-27-25-23-20-17-14-11-8-5-2/h46-48,52-53H,4-45H2,1-3H3,(H,51,54). The molecule has 0 spiro atoms. The van der Waals surface area contributed by atoms with Gasteiger partial charge >= 0.3 is 5.97 Å². The third-order valence-electron chi connectivity index (χ3n) is 11.9. The van der Waals surface area contributed by atoms with E-state index in [1.54, 1.807) is 0 Å². The van der Waals surface area contributed by atoms with Gasteiger partial charge in [-0.15, -0.1) is 0 Å². The fourth-order valence-electron chi connectivity index (χ4n) is 8.08. The number of carbonyl (C=O) groups is 2. The van der Waals surface area contributed by atoms with Crippen LogP contribution in [-0.4, -0.2) is 46.9 Å². The summed E-state index contributed by atoms with van der Waals surface area (Å²) < 4.78 is 5.92. The van der Waals surface area contributed by atoms with Crippen LogP contribution in [0.3, 0.4) is 0 Å². The molecular formula is C50H99NO5. The molecule has 0 aliphatic heterocycles. The van der Waals surface area contributed by atoms with E-state index in [2.05, 4.69) is 26.1 Å². The van der Waals surface area contributed by atoms with Gasteiger partial charge in [0.05, 0.1) is 25.2 Å². The molecule has 3 unspecified atom stereocenters. The van der Waals surface area contributed by atoms with Crippen LogP contribution >= 0.6 is 0 Å². The van der Waals surface area contributed by atoms with Crippen molar-refractivity contribution in [2.24, 2.45) is 0 Å². The first kappa shape index (κ1) is 54.9. The molecule has 3 atom stereocenters. The lowest BCUT2D eigenvalue weighted by Crippen LogP contribution is -2.46. The van der Waals surface area contributed by atoms with Crippen LogP contribution in [0, 0.1) is 0 Å². The van der Waals surface area contributed by atoms with Crippen LogP contribution < -0.4 is 5.32 Å². The summed E-state index contributed by atoms with van der Waals surface area (Å²) in [7, 11) is 0. The van der Waals surface area contributed by atoms with Crippen LogP contribution in [-0.2, 0) is 14.3 Å². The zero-order valence-electron chi connectivity index (χ0n) is 38.0. The van der Waals surface area contributed by atoms with E-state index in [1.165, 1.54) is 199 Å². The van der Waals surface area contributed by atoms with Crippen LogP contribution in [0.1, 0.15) is 284 Å². The molecule has 0 radical (unpaired) electrons. The quantitative estimate of drug-likeness (QED) is 0.0421. The molecule has 0 aliphatic carbocycles. The number of aliphatic hydroxyl groups excluding tert-OH is 2. The van der Waals surface area contributed by atoms with Crippen molar-refractivity contribution in [1.82, 2.24) is 5.32 Å². The van der Waals surface area contributed by atoms with Crippen LogP contribution in [0.25, 0.3) is 0 Å². The molecule has 0 bridgehead atoms. The number of hydrogen-bond donors (Lipinski definition) is 3. The van der Waals surface area contributed by atoms with Crippen LogP contribution in [0.15, 0.2) is 0 Å². The number of carbonyl (C=O) groups excluding carboxylic acids is 2. The molecule has 0 saturated heterocycles. The Labute approximate surface area is 349 Å². The van der Waals surface area contributed by atoms with Crippen molar-refractivity contribution in [1.29, 1.82) is 0 Å². The van der Waals surface area contributed by atoms with E-state index < -0.39 is 18.2 Å². The van der Waals surface area contributed by atoms with Crippen molar-refractivity contribution in [2.75, 3.05) is 6.61 Å². The van der Waals surface area contributed by atoms with Gasteiger partial charge in [0.25, 0.3) is 0 Å². The maximum Gasteiger partial charge on any atom is 0.306 e. The zero-order valence-corrected chi connectivity index (χ0v) is 38.0. The Balaban J connectivity index is 4.46. The van der Waals surface area contributed by atoms with Gasteiger partial charge < -0.3 is 20.3 Å². The second-order valence-corrected chi connectivity index (χ2v) is 17.6. The van der Waals surface area contributed by atoms with Crippen LogP contribution in [0.5, 0.6) is 0 Å². The first-order valence-electron chi connectivity index (χ1n) is 25.3. The van der Waals surface area contributed by atoms with E-state index in [-0.39, 0.29) is 24.9 Å². The first-order valence-corrected chi connectivity index (χ1v) is 25.3. The fraction of sp³-hybridized carbons (Fsp3) is 0.960. The SMILES string of the molecule is CCCCCCCCCCCCCCCCC(=O)OC(CCCCCCCCCCCC)CC(=O)NC(CO)C(O)CCCCCCCCCCCCCCC. The Bertz CT molecular complexity index is 806. The van der Waals surface area contributed by atoms with Crippen LogP contribution in [0.2, 0.25) is 0 Å². The fourth-order valence-corrected chi connectivity index (χ4v) is 8.08. The number of esters is 1. The minimum absolute atomic E-state index is 0.0872. The molecule has 6 heteroatoms. The van der Waals surface area contributed by atoms with E-state index in [0.717, 1.165) is 38.5 Å². The van der Waals surface area contributed by atoms with E-state index in [0.29, 0.717) is 19.3 Å².